The zero-order valence-electron chi connectivity index (χ0n) is 25.0. The quantitative estimate of drug-likeness (QED) is 0.155. The molecule has 0 bridgehead atoms. The molecule has 0 saturated carbocycles. The fourth-order valence-corrected chi connectivity index (χ4v) is 6.78. The van der Waals surface area contributed by atoms with Crippen LogP contribution in [0.4, 0.5) is 5.82 Å². The lowest BCUT2D eigenvalue weighted by atomic mass is 10.0. The number of para-hydroxylation sites is 2. The molecular weight excluding hydrogens is 671 g/mol. The summed E-state index contributed by atoms with van der Waals surface area (Å²) in [6.45, 7) is 4.01. The molecule has 2 aromatic carbocycles. The maximum atomic E-state index is 6.38. The van der Waals surface area contributed by atoms with Crippen molar-refractivity contribution >= 4 is 84.7 Å². The molecule has 234 valence electrons. The number of anilines is 1. The molecule has 14 heteroatoms. The summed E-state index contributed by atoms with van der Waals surface area (Å²) < 4.78 is 0. The molecule has 6 aromatic heterocycles. The van der Waals surface area contributed by atoms with Crippen LogP contribution in [0.25, 0.3) is 55.7 Å². The number of imidazole rings is 1. The Morgan fingerprint density at radius 3 is 1.94 bits per heavy atom. The third-order valence-electron chi connectivity index (χ3n) is 7.54. The number of nitrogens with one attached hydrogen (secondary N) is 2. The number of nitrogens with two attached hydrogens (primary N) is 1. The smallest absolute Gasteiger partial charge is 0.182 e. The van der Waals surface area contributed by atoms with Gasteiger partial charge in [0.05, 0.1) is 67.2 Å². The highest BCUT2D eigenvalue weighted by molar-refractivity contribution is 7.08. The summed E-state index contributed by atoms with van der Waals surface area (Å²) >= 11 is 15.7. The molecule has 0 aliphatic rings. The first-order chi connectivity index (χ1) is 22.9. The predicted molar refractivity (Wildman–Crippen MR) is 192 cm³/mol. The Morgan fingerprint density at radius 2 is 1.36 bits per heavy atom. The number of benzene rings is 2. The SMILES string of the molecule is C[C@H](N)c1cc2cccc(Cl)c2nc1-c1cscn1.C[C@H](Nc1ncnc2nc[nH]c12)c1cc2cccc(Cl)c2nc1-c1cscn1. The van der Waals surface area contributed by atoms with Gasteiger partial charge in [-0.15, -0.1) is 22.7 Å². The van der Waals surface area contributed by atoms with Gasteiger partial charge in [0.1, 0.15) is 11.8 Å². The number of fused-ring (bicyclic) bond motifs is 3. The number of thiazole rings is 2. The third kappa shape index (κ3) is 6.25. The Morgan fingerprint density at radius 1 is 0.766 bits per heavy atom. The number of pyridine rings is 2. The monoisotopic (exact) mass is 696 g/mol. The van der Waals surface area contributed by atoms with Crippen LogP contribution in [0.2, 0.25) is 10.0 Å². The van der Waals surface area contributed by atoms with Crippen molar-refractivity contribution in [3.05, 3.63) is 104 Å². The Labute approximate surface area is 287 Å². The number of halogens is 2. The third-order valence-corrected chi connectivity index (χ3v) is 9.32. The number of H-pyrrole nitrogens is 1. The average molecular weight is 698 g/mol. The molecule has 4 N–H and O–H groups in total. The van der Waals surface area contributed by atoms with Gasteiger partial charge in [-0.25, -0.2) is 34.9 Å². The number of rotatable bonds is 6. The van der Waals surface area contributed by atoms with Gasteiger partial charge in [-0.05, 0) is 43.7 Å². The van der Waals surface area contributed by atoms with Crippen molar-refractivity contribution in [1.82, 2.24) is 39.9 Å². The van der Waals surface area contributed by atoms with Gasteiger partial charge in [0, 0.05) is 33.1 Å². The molecule has 2 atom stereocenters. The van der Waals surface area contributed by atoms with Gasteiger partial charge >= 0.3 is 0 Å². The normalized spacial score (nSPS) is 12.6. The molecule has 0 radical (unpaired) electrons. The van der Waals surface area contributed by atoms with E-state index in [0.717, 1.165) is 61.2 Å². The topological polar surface area (TPSA) is 144 Å². The summed E-state index contributed by atoms with van der Waals surface area (Å²) in [5.74, 6) is 0.686. The molecule has 0 unspecified atom stereocenters. The van der Waals surface area contributed by atoms with Gasteiger partial charge in [0.25, 0.3) is 0 Å². The molecule has 0 spiro atoms. The minimum absolute atomic E-state index is 0.0889. The summed E-state index contributed by atoms with van der Waals surface area (Å²) in [5.41, 5.74) is 17.9. The van der Waals surface area contributed by atoms with Crippen LogP contribution < -0.4 is 11.1 Å². The van der Waals surface area contributed by atoms with Gasteiger partial charge in [-0.3, -0.25) is 0 Å². The standard InChI is InChI=1S/C19H14ClN7S.C14H12ClN3S/c1-10(26-19-17-18(22-7-21-17)23-8-24-19)12-5-11-3-2-4-13(20)15(11)27-16(12)14-6-28-9-25-14;1-8(16)10-5-9-3-2-4-11(15)13(9)18-14(10)12-6-19-7-17-12/h2-10H,1H3,(H2,21,22,23,24,26);2-8H,16H2,1H3/t10-;8-/m00/s1. The van der Waals surface area contributed by atoms with Crippen LogP contribution in [0.3, 0.4) is 0 Å². The molecule has 0 aliphatic heterocycles. The van der Waals surface area contributed by atoms with Gasteiger partial charge in [0.2, 0.25) is 0 Å². The van der Waals surface area contributed by atoms with Crippen molar-refractivity contribution in [2.24, 2.45) is 5.73 Å². The van der Waals surface area contributed by atoms with E-state index < -0.39 is 0 Å². The minimum atomic E-state index is -0.104. The van der Waals surface area contributed by atoms with Crippen LogP contribution in [0.1, 0.15) is 37.1 Å². The Balaban J connectivity index is 0.000000161. The van der Waals surface area contributed by atoms with Gasteiger partial charge in [-0.1, -0.05) is 47.5 Å². The van der Waals surface area contributed by atoms with E-state index in [0.29, 0.717) is 21.5 Å². The minimum Gasteiger partial charge on any atom is -0.362 e. The second-order valence-corrected chi connectivity index (χ2v) is 13.0. The van der Waals surface area contributed by atoms with Gasteiger partial charge in [-0.2, -0.15) is 0 Å². The van der Waals surface area contributed by atoms with Crippen molar-refractivity contribution in [2.45, 2.75) is 25.9 Å². The van der Waals surface area contributed by atoms with Crippen LogP contribution in [-0.4, -0.2) is 39.9 Å². The van der Waals surface area contributed by atoms with E-state index in [1.807, 2.05) is 60.1 Å². The van der Waals surface area contributed by atoms with E-state index >= 15 is 0 Å². The van der Waals surface area contributed by atoms with Crippen LogP contribution in [0.5, 0.6) is 0 Å². The maximum absolute atomic E-state index is 6.38. The van der Waals surface area contributed by atoms with Crippen molar-refractivity contribution in [3.8, 4) is 22.8 Å². The molecule has 6 heterocycles. The molecule has 8 rings (SSSR count). The predicted octanol–water partition coefficient (Wildman–Crippen LogP) is 8.88. The molecule has 8 aromatic rings. The van der Waals surface area contributed by atoms with Crippen molar-refractivity contribution in [3.63, 3.8) is 0 Å². The summed E-state index contributed by atoms with van der Waals surface area (Å²) in [7, 11) is 0. The van der Waals surface area contributed by atoms with E-state index in [4.69, 9.17) is 33.9 Å². The lowest BCUT2D eigenvalue weighted by molar-refractivity contribution is 0.816. The first-order valence-corrected chi connectivity index (χ1v) is 17.1. The van der Waals surface area contributed by atoms with E-state index in [2.05, 4.69) is 53.2 Å². The zero-order chi connectivity index (χ0) is 32.5. The van der Waals surface area contributed by atoms with E-state index in [1.54, 1.807) is 17.3 Å². The molecular formula is C33H26Cl2N10S2. The van der Waals surface area contributed by atoms with Crippen molar-refractivity contribution in [2.75, 3.05) is 5.32 Å². The molecule has 0 fully saturated rings. The highest BCUT2D eigenvalue weighted by Gasteiger charge is 2.19. The van der Waals surface area contributed by atoms with Gasteiger partial charge < -0.3 is 16.0 Å². The molecule has 0 aliphatic carbocycles. The fourth-order valence-electron chi connectivity index (χ4n) is 5.26. The Kier molecular flexibility index (Phi) is 8.76. The second kappa shape index (κ2) is 13.3. The van der Waals surface area contributed by atoms with Crippen LogP contribution in [0.15, 0.2) is 83.0 Å². The molecule has 47 heavy (non-hydrogen) atoms. The van der Waals surface area contributed by atoms with E-state index in [1.165, 1.54) is 29.0 Å². The van der Waals surface area contributed by atoms with Crippen LogP contribution in [0, 0.1) is 0 Å². The first-order valence-electron chi connectivity index (χ1n) is 14.5. The highest BCUT2D eigenvalue weighted by Crippen LogP contribution is 2.34. The van der Waals surface area contributed by atoms with Crippen LogP contribution in [-0.2, 0) is 0 Å². The number of nitrogens with zero attached hydrogens (tertiary/aromatic N) is 7. The summed E-state index contributed by atoms with van der Waals surface area (Å²) in [5, 5.41) is 10.6. The molecule has 10 nitrogen and oxygen atoms in total. The maximum Gasteiger partial charge on any atom is 0.182 e. The van der Waals surface area contributed by atoms with Crippen molar-refractivity contribution < 1.29 is 0 Å². The fraction of sp³-hybridized carbons (Fsp3) is 0.121. The molecule has 0 amide bonds. The number of aromatic amines is 1. The number of aromatic nitrogens is 8. The first kappa shape index (κ1) is 31.0. The summed E-state index contributed by atoms with van der Waals surface area (Å²) in [6, 6.07) is 15.5. The second-order valence-electron chi connectivity index (χ2n) is 10.7. The lowest BCUT2D eigenvalue weighted by Gasteiger charge is -2.18. The Hall–Kier alpha value is -4.59. The molecule has 0 saturated heterocycles. The lowest BCUT2D eigenvalue weighted by Crippen LogP contribution is -2.11. The van der Waals surface area contributed by atoms with Gasteiger partial charge in [0.15, 0.2) is 11.5 Å². The highest BCUT2D eigenvalue weighted by atomic mass is 35.5. The van der Waals surface area contributed by atoms with Crippen LogP contribution >= 0.6 is 45.9 Å². The van der Waals surface area contributed by atoms with Crippen molar-refractivity contribution in [1.29, 1.82) is 0 Å². The van der Waals surface area contributed by atoms with E-state index in [-0.39, 0.29) is 12.1 Å². The van der Waals surface area contributed by atoms with E-state index in [9.17, 15) is 0 Å². The summed E-state index contributed by atoms with van der Waals surface area (Å²) in [6.07, 6.45) is 3.10. The number of hydrogen-bond acceptors (Lipinski definition) is 11. The number of hydrogen-bond donors (Lipinski definition) is 3. The zero-order valence-corrected chi connectivity index (χ0v) is 28.2. The largest absolute Gasteiger partial charge is 0.362 e. The average Bonchev–Trinajstić information content (AvgIpc) is 3.88. The summed E-state index contributed by atoms with van der Waals surface area (Å²) in [4.78, 5) is 34.1. The Bertz CT molecular complexity index is 2320.